The number of carbonyl (C=O) groups excluding carboxylic acids is 2. The summed E-state index contributed by atoms with van der Waals surface area (Å²) in [6.07, 6.45) is 1.27. The molecule has 2 aliphatic rings. The molecule has 29 heavy (non-hydrogen) atoms. The average molecular weight is 393 g/mol. The summed E-state index contributed by atoms with van der Waals surface area (Å²) in [6.45, 7) is 4.67. The first-order valence-electron chi connectivity index (χ1n) is 10.3. The Balaban J connectivity index is 1.32. The van der Waals surface area contributed by atoms with Crippen LogP contribution in [0.5, 0.6) is 0 Å². The smallest absolute Gasteiger partial charge is 0.254 e. The fourth-order valence-corrected chi connectivity index (χ4v) is 3.87. The van der Waals surface area contributed by atoms with Gasteiger partial charge in [0.15, 0.2) is 0 Å². The highest BCUT2D eigenvalue weighted by Gasteiger charge is 2.25. The topological polar surface area (TPSA) is 61.9 Å². The molecule has 2 saturated heterocycles. The van der Waals surface area contributed by atoms with Crippen LogP contribution in [0.25, 0.3) is 0 Å². The largest absolute Gasteiger partial charge is 0.368 e. The van der Waals surface area contributed by atoms with E-state index >= 15 is 0 Å². The normalized spacial score (nSPS) is 19.9. The minimum Gasteiger partial charge on any atom is -0.368 e. The second kappa shape index (κ2) is 9.20. The van der Waals surface area contributed by atoms with Gasteiger partial charge in [0.25, 0.3) is 11.8 Å². The van der Waals surface area contributed by atoms with Crippen molar-refractivity contribution < 1.29 is 14.3 Å². The molecule has 6 heteroatoms. The summed E-state index contributed by atoms with van der Waals surface area (Å²) >= 11 is 0. The molecule has 0 saturated carbocycles. The Morgan fingerprint density at radius 1 is 1.00 bits per heavy atom. The molecule has 0 aliphatic carbocycles. The number of anilines is 1. The van der Waals surface area contributed by atoms with Crippen molar-refractivity contribution in [3.8, 4) is 0 Å². The van der Waals surface area contributed by atoms with E-state index in [1.807, 2.05) is 17.0 Å². The molecule has 2 heterocycles. The van der Waals surface area contributed by atoms with Crippen LogP contribution in [0.2, 0.25) is 0 Å². The Kier molecular flexibility index (Phi) is 6.22. The van der Waals surface area contributed by atoms with E-state index in [0.29, 0.717) is 30.9 Å². The van der Waals surface area contributed by atoms with E-state index in [1.165, 1.54) is 5.56 Å². The van der Waals surface area contributed by atoms with Gasteiger partial charge in [-0.1, -0.05) is 36.4 Å². The van der Waals surface area contributed by atoms with Gasteiger partial charge in [-0.3, -0.25) is 14.5 Å². The van der Waals surface area contributed by atoms with Crippen LogP contribution >= 0.6 is 0 Å². The summed E-state index contributed by atoms with van der Waals surface area (Å²) < 4.78 is 5.42. The second-order valence-electron chi connectivity index (χ2n) is 7.63. The standard InChI is InChI=1S/C23H27N3O3/c27-22(21-10-5-15-29-21)24-20-9-4-8-19(16-20)23(28)26-13-11-25(12-14-26)17-18-6-2-1-3-7-18/h1-4,6-9,16,21H,5,10-15,17H2,(H,24,27). The van der Waals surface area contributed by atoms with Crippen molar-refractivity contribution in [1.82, 2.24) is 9.80 Å². The molecule has 0 bridgehead atoms. The number of amides is 2. The highest BCUT2D eigenvalue weighted by Crippen LogP contribution is 2.18. The van der Waals surface area contributed by atoms with Gasteiger partial charge in [-0.25, -0.2) is 0 Å². The third-order valence-electron chi connectivity index (χ3n) is 5.51. The van der Waals surface area contributed by atoms with Crippen LogP contribution in [-0.4, -0.2) is 60.5 Å². The van der Waals surface area contributed by atoms with Crippen LogP contribution in [-0.2, 0) is 16.1 Å². The first kappa shape index (κ1) is 19.6. The molecule has 6 nitrogen and oxygen atoms in total. The Hall–Kier alpha value is -2.70. The number of ether oxygens (including phenoxy) is 1. The molecule has 2 aliphatic heterocycles. The van der Waals surface area contributed by atoms with E-state index in [4.69, 9.17) is 4.74 Å². The molecule has 0 spiro atoms. The van der Waals surface area contributed by atoms with E-state index in [1.54, 1.807) is 18.2 Å². The molecule has 2 aromatic rings. The Labute approximate surface area is 171 Å². The van der Waals surface area contributed by atoms with Gasteiger partial charge < -0.3 is 15.0 Å². The summed E-state index contributed by atoms with van der Waals surface area (Å²) in [5, 5.41) is 2.87. The lowest BCUT2D eigenvalue weighted by Gasteiger charge is -2.34. The molecule has 2 aromatic carbocycles. The quantitative estimate of drug-likeness (QED) is 0.849. The number of hydrogen-bond acceptors (Lipinski definition) is 4. The van der Waals surface area contributed by atoms with Crippen molar-refractivity contribution in [2.45, 2.75) is 25.5 Å². The molecule has 4 rings (SSSR count). The van der Waals surface area contributed by atoms with Gasteiger partial charge in [0.2, 0.25) is 0 Å². The first-order chi connectivity index (χ1) is 14.2. The molecule has 0 aromatic heterocycles. The predicted octanol–water partition coefficient (Wildman–Crippen LogP) is 2.76. The van der Waals surface area contributed by atoms with Crippen molar-refractivity contribution in [2.24, 2.45) is 0 Å². The highest BCUT2D eigenvalue weighted by atomic mass is 16.5. The van der Waals surface area contributed by atoms with Crippen molar-refractivity contribution in [3.05, 3.63) is 65.7 Å². The minimum atomic E-state index is -0.382. The number of nitrogens with one attached hydrogen (secondary N) is 1. The van der Waals surface area contributed by atoms with Crippen molar-refractivity contribution >= 4 is 17.5 Å². The van der Waals surface area contributed by atoms with Crippen LogP contribution in [0.1, 0.15) is 28.8 Å². The van der Waals surface area contributed by atoms with Crippen LogP contribution in [0.15, 0.2) is 54.6 Å². The van der Waals surface area contributed by atoms with E-state index in [-0.39, 0.29) is 17.9 Å². The predicted molar refractivity (Wildman–Crippen MR) is 112 cm³/mol. The molecule has 0 radical (unpaired) electrons. The molecule has 1 unspecified atom stereocenters. The number of carbonyl (C=O) groups is 2. The third-order valence-corrected chi connectivity index (χ3v) is 5.51. The van der Waals surface area contributed by atoms with Gasteiger partial charge in [-0.05, 0) is 36.6 Å². The molecular formula is C23H27N3O3. The van der Waals surface area contributed by atoms with Crippen LogP contribution in [0.3, 0.4) is 0 Å². The van der Waals surface area contributed by atoms with E-state index in [9.17, 15) is 9.59 Å². The highest BCUT2D eigenvalue weighted by molar-refractivity contribution is 5.98. The zero-order chi connectivity index (χ0) is 20.1. The SMILES string of the molecule is O=C(Nc1cccc(C(=O)N2CCN(Cc3ccccc3)CC2)c1)C1CCCO1. The third kappa shape index (κ3) is 5.02. The van der Waals surface area contributed by atoms with Crippen molar-refractivity contribution in [1.29, 1.82) is 0 Å². The molecule has 2 amide bonds. The Bertz CT molecular complexity index is 841. The van der Waals surface area contributed by atoms with E-state index in [2.05, 4.69) is 34.5 Å². The summed E-state index contributed by atoms with van der Waals surface area (Å²) in [5.41, 5.74) is 2.53. The molecule has 1 atom stereocenters. The number of rotatable bonds is 5. The first-order valence-corrected chi connectivity index (χ1v) is 10.3. The number of nitrogens with zero attached hydrogens (tertiary/aromatic N) is 2. The lowest BCUT2D eigenvalue weighted by molar-refractivity contribution is -0.124. The van der Waals surface area contributed by atoms with Gasteiger partial charge in [0.1, 0.15) is 6.10 Å². The maximum absolute atomic E-state index is 12.9. The lowest BCUT2D eigenvalue weighted by Crippen LogP contribution is -2.48. The lowest BCUT2D eigenvalue weighted by atomic mass is 10.1. The van der Waals surface area contributed by atoms with E-state index in [0.717, 1.165) is 32.5 Å². The van der Waals surface area contributed by atoms with Gasteiger partial charge >= 0.3 is 0 Å². The van der Waals surface area contributed by atoms with Crippen LogP contribution in [0, 0.1) is 0 Å². The molecular weight excluding hydrogens is 366 g/mol. The fourth-order valence-electron chi connectivity index (χ4n) is 3.87. The zero-order valence-electron chi connectivity index (χ0n) is 16.5. The van der Waals surface area contributed by atoms with Gasteiger partial charge in [-0.2, -0.15) is 0 Å². The van der Waals surface area contributed by atoms with Crippen LogP contribution in [0.4, 0.5) is 5.69 Å². The molecule has 2 fully saturated rings. The summed E-state index contributed by atoms with van der Waals surface area (Å²) in [4.78, 5) is 29.4. The Morgan fingerprint density at radius 3 is 2.52 bits per heavy atom. The maximum Gasteiger partial charge on any atom is 0.254 e. The summed E-state index contributed by atoms with van der Waals surface area (Å²) in [5.74, 6) is -0.126. The average Bonchev–Trinajstić information content (AvgIpc) is 3.30. The van der Waals surface area contributed by atoms with Gasteiger partial charge in [0, 0.05) is 50.6 Å². The Morgan fingerprint density at radius 2 is 1.79 bits per heavy atom. The molecule has 152 valence electrons. The van der Waals surface area contributed by atoms with Gasteiger partial charge in [0.05, 0.1) is 0 Å². The van der Waals surface area contributed by atoms with Gasteiger partial charge in [-0.15, -0.1) is 0 Å². The summed E-state index contributed by atoms with van der Waals surface area (Å²) in [7, 11) is 0. The minimum absolute atomic E-state index is 0.0116. The van der Waals surface area contributed by atoms with Crippen molar-refractivity contribution in [3.63, 3.8) is 0 Å². The second-order valence-corrected chi connectivity index (χ2v) is 7.63. The maximum atomic E-state index is 12.9. The summed E-state index contributed by atoms with van der Waals surface area (Å²) in [6, 6.07) is 17.6. The zero-order valence-corrected chi connectivity index (χ0v) is 16.5. The number of piperazine rings is 1. The number of benzene rings is 2. The van der Waals surface area contributed by atoms with E-state index < -0.39 is 0 Å². The van der Waals surface area contributed by atoms with Crippen molar-refractivity contribution in [2.75, 3.05) is 38.1 Å². The van der Waals surface area contributed by atoms with Crippen LogP contribution < -0.4 is 5.32 Å². The fraction of sp³-hybridized carbons (Fsp3) is 0.391. The molecule has 1 N–H and O–H groups in total. The monoisotopic (exact) mass is 393 g/mol. The number of hydrogen-bond donors (Lipinski definition) is 1.